The fourth-order valence-corrected chi connectivity index (χ4v) is 5.50. The summed E-state index contributed by atoms with van der Waals surface area (Å²) in [6, 6.07) is 5.65. The van der Waals surface area contributed by atoms with Gasteiger partial charge in [-0.3, -0.25) is 5.32 Å². The molecule has 9 heteroatoms. The maximum Gasteiger partial charge on any atom is 0.321 e. The number of nitrogens with one attached hydrogen (secondary N) is 2. The van der Waals surface area contributed by atoms with Crippen molar-refractivity contribution < 1.29 is 9.53 Å². The molecular formula is C22H28Cl2N4O2S. The van der Waals surface area contributed by atoms with Crippen molar-refractivity contribution in [2.45, 2.75) is 51.3 Å². The molecule has 0 saturated carbocycles. The SMILES string of the molecule is O=C(NCc1ccc(Cl)c(Cl)c1)Nc1nc(COCC2CCCN3CCCCC23)cs1. The molecule has 2 fully saturated rings. The molecule has 2 aliphatic rings. The van der Waals surface area contributed by atoms with Crippen molar-refractivity contribution in [3.8, 4) is 0 Å². The molecule has 0 bridgehead atoms. The van der Waals surface area contributed by atoms with Gasteiger partial charge in [-0.2, -0.15) is 0 Å². The van der Waals surface area contributed by atoms with Gasteiger partial charge in [-0.25, -0.2) is 9.78 Å². The highest BCUT2D eigenvalue weighted by Crippen LogP contribution is 2.31. The van der Waals surface area contributed by atoms with E-state index in [-0.39, 0.29) is 6.03 Å². The minimum atomic E-state index is -0.313. The van der Waals surface area contributed by atoms with E-state index in [1.54, 1.807) is 12.1 Å². The van der Waals surface area contributed by atoms with Gasteiger partial charge in [0.2, 0.25) is 0 Å². The molecule has 2 unspecified atom stereocenters. The Labute approximate surface area is 197 Å². The van der Waals surface area contributed by atoms with Gasteiger partial charge >= 0.3 is 6.03 Å². The Morgan fingerprint density at radius 3 is 2.94 bits per heavy atom. The molecule has 2 N–H and O–H groups in total. The average Bonchev–Trinajstić information content (AvgIpc) is 3.22. The number of piperidine rings is 2. The first-order chi connectivity index (χ1) is 15.1. The number of aromatic nitrogens is 1. The van der Waals surface area contributed by atoms with Gasteiger partial charge in [0.25, 0.3) is 0 Å². The quantitative estimate of drug-likeness (QED) is 0.542. The highest BCUT2D eigenvalue weighted by molar-refractivity contribution is 7.13. The maximum atomic E-state index is 12.2. The standard InChI is InChI=1S/C22H28Cl2N4O2S/c23-18-7-6-15(10-19(18)24)11-25-21(29)27-22-26-17(14-31-22)13-30-12-16-4-3-9-28-8-2-1-5-20(16)28/h6-7,10,14,16,20H,1-5,8-9,11-13H2,(H2,25,26,27,29). The molecule has 1 aromatic heterocycles. The number of carbonyl (C=O) groups excluding carboxylic acids is 1. The van der Waals surface area contributed by atoms with Gasteiger partial charge in [0.05, 0.1) is 29.0 Å². The van der Waals surface area contributed by atoms with Crippen LogP contribution in [0.4, 0.5) is 9.93 Å². The highest BCUT2D eigenvalue weighted by Gasteiger charge is 2.32. The summed E-state index contributed by atoms with van der Waals surface area (Å²) in [4.78, 5) is 19.3. The Balaban J connectivity index is 1.19. The van der Waals surface area contributed by atoms with E-state index in [1.165, 1.54) is 56.5 Å². The number of thiazole rings is 1. The lowest BCUT2D eigenvalue weighted by molar-refractivity contribution is -0.00155. The molecule has 0 spiro atoms. The zero-order valence-electron chi connectivity index (χ0n) is 17.4. The molecule has 2 amide bonds. The predicted octanol–water partition coefficient (Wildman–Crippen LogP) is 5.55. The topological polar surface area (TPSA) is 66.5 Å². The summed E-state index contributed by atoms with van der Waals surface area (Å²) >= 11 is 13.3. The van der Waals surface area contributed by atoms with Crippen LogP contribution < -0.4 is 10.6 Å². The van der Waals surface area contributed by atoms with Crippen molar-refractivity contribution in [2.75, 3.05) is 25.0 Å². The van der Waals surface area contributed by atoms with Gasteiger partial charge in [-0.1, -0.05) is 35.7 Å². The summed E-state index contributed by atoms with van der Waals surface area (Å²) < 4.78 is 6.02. The number of fused-ring (bicyclic) bond motifs is 1. The maximum absolute atomic E-state index is 12.2. The van der Waals surface area contributed by atoms with Gasteiger partial charge < -0.3 is 15.0 Å². The number of anilines is 1. The number of amides is 2. The fourth-order valence-electron chi connectivity index (χ4n) is 4.49. The van der Waals surface area contributed by atoms with Crippen LogP contribution in [0.15, 0.2) is 23.6 Å². The van der Waals surface area contributed by atoms with E-state index >= 15 is 0 Å². The largest absolute Gasteiger partial charge is 0.375 e. The second kappa shape index (κ2) is 11.0. The van der Waals surface area contributed by atoms with Crippen LogP contribution in [0.2, 0.25) is 10.0 Å². The molecule has 6 nitrogen and oxygen atoms in total. The van der Waals surface area contributed by atoms with Gasteiger partial charge in [0, 0.05) is 18.0 Å². The van der Waals surface area contributed by atoms with Crippen LogP contribution in [0.1, 0.15) is 43.4 Å². The molecule has 1 aromatic carbocycles. The monoisotopic (exact) mass is 482 g/mol. The van der Waals surface area contributed by atoms with Crippen LogP contribution >= 0.6 is 34.5 Å². The number of halogens is 2. The molecule has 0 aliphatic carbocycles. The summed E-state index contributed by atoms with van der Waals surface area (Å²) in [5.41, 5.74) is 1.72. The lowest BCUT2D eigenvalue weighted by Gasteiger charge is -2.44. The minimum absolute atomic E-state index is 0.313. The van der Waals surface area contributed by atoms with Crippen molar-refractivity contribution in [2.24, 2.45) is 5.92 Å². The predicted molar refractivity (Wildman–Crippen MR) is 126 cm³/mol. The van der Waals surface area contributed by atoms with E-state index in [4.69, 9.17) is 27.9 Å². The lowest BCUT2D eigenvalue weighted by atomic mass is 9.84. The van der Waals surface area contributed by atoms with Crippen molar-refractivity contribution in [1.29, 1.82) is 0 Å². The third-order valence-electron chi connectivity index (χ3n) is 6.02. The van der Waals surface area contributed by atoms with E-state index in [0.717, 1.165) is 17.9 Å². The number of hydrogen-bond donors (Lipinski definition) is 2. The summed E-state index contributed by atoms with van der Waals surface area (Å²) in [5, 5.41) is 9.02. The molecule has 0 radical (unpaired) electrons. The first-order valence-corrected chi connectivity index (χ1v) is 12.5. The van der Waals surface area contributed by atoms with Crippen LogP contribution in [0, 0.1) is 5.92 Å². The van der Waals surface area contributed by atoms with Crippen molar-refractivity contribution in [1.82, 2.24) is 15.2 Å². The zero-order valence-corrected chi connectivity index (χ0v) is 19.7. The Bertz CT molecular complexity index is 892. The molecule has 31 heavy (non-hydrogen) atoms. The molecule has 2 aromatic rings. The zero-order chi connectivity index (χ0) is 21.6. The van der Waals surface area contributed by atoms with Crippen LogP contribution in [0.25, 0.3) is 0 Å². The Kier molecular flexibility index (Phi) is 8.07. The highest BCUT2D eigenvalue weighted by atomic mass is 35.5. The van der Waals surface area contributed by atoms with E-state index in [1.807, 2.05) is 11.4 Å². The van der Waals surface area contributed by atoms with Crippen LogP contribution in [-0.2, 0) is 17.9 Å². The third-order valence-corrected chi connectivity index (χ3v) is 7.57. The second-order valence-electron chi connectivity index (χ2n) is 8.22. The first-order valence-electron chi connectivity index (χ1n) is 10.8. The summed E-state index contributed by atoms with van der Waals surface area (Å²) in [5.74, 6) is 0.623. The van der Waals surface area contributed by atoms with Crippen molar-refractivity contribution in [3.05, 3.63) is 44.9 Å². The number of hydrogen-bond acceptors (Lipinski definition) is 5. The Morgan fingerprint density at radius 1 is 1.19 bits per heavy atom. The van der Waals surface area contributed by atoms with E-state index in [2.05, 4.69) is 20.5 Å². The number of ether oxygens (including phenoxy) is 1. The number of urea groups is 1. The summed E-state index contributed by atoms with van der Waals surface area (Å²) in [7, 11) is 0. The smallest absolute Gasteiger partial charge is 0.321 e. The van der Waals surface area contributed by atoms with Crippen LogP contribution in [0.5, 0.6) is 0 Å². The third kappa shape index (κ3) is 6.33. The van der Waals surface area contributed by atoms with E-state index in [9.17, 15) is 4.79 Å². The van der Waals surface area contributed by atoms with Crippen LogP contribution in [-0.4, -0.2) is 41.7 Å². The first kappa shape index (κ1) is 22.8. The number of nitrogens with zero attached hydrogens (tertiary/aromatic N) is 2. The normalized spacial score (nSPS) is 21.5. The van der Waals surface area contributed by atoms with Gasteiger partial charge in [-0.05, 0) is 62.4 Å². The molecule has 2 atom stereocenters. The molecule has 2 aliphatic heterocycles. The second-order valence-corrected chi connectivity index (χ2v) is 9.89. The van der Waals surface area contributed by atoms with Gasteiger partial charge in [0.1, 0.15) is 0 Å². The van der Waals surface area contributed by atoms with Crippen molar-refractivity contribution in [3.63, 3.8) is 0 Å². The summed E-state index contributed by atoms with van der Waals surface area (Å²) in [6.07, 6.45) is 6.50. The van der Waals surface area contributed by atoms with E-state index in [0.29, 0.717) is 40.3 Å². The Morgan fingerprint density at radius 2 is 2.06 bits per heavy atom. The molecule has 168 valence electrons. The molecule has 2 saturated heterocycles. The lowest BCUT2D eigenvalue weighted by Crippen LogP contribution is -2.49. The minimum Gasteiger partial charge on any atom is -0.375 e. The van der Waals surface area contributed by atoms with Crippen LogP contribution in [0.3, 0.4) is 0 Å². The summed E-state index contributed by atoms with van der Waals surface area (Å²) in [6.45, 7) is 4.10. The van der Waals surface area contributed by atoms with Gasteiger partial charge in [0.15, 0.2) is 5.13 Å². The van der Waals surface area contributed by atoms with Crippen molar-refractivity contribution >= 4 is 45.7 Å². The average molecular weight is 483 g/mol. The fraction of sp³-hybridized carbons (Fsp3) is 0.545. The number of benzene rings is 1. The number of carbonyl (C=O) groups is 1. The molecule has 4 rings (SSSR count). The molecular weight excluding hydrogens is 455 g/mol. The molecule has 3 heterocycles. The Hall–Kier alpha value is -1.38. The van der Waals surface area contributed by atoms with E-state index < -0.39 is 0 Å². The van der Waals surface area contributed by atoms with Gasteiger partial charge in [-0.15, -0.1) is 11.3 Å². The number of rotatable bonds is 7.